The van der Waals surface area contributed by atoms with Crippen molar-refractivity contribution in [3.05, 3.63) is 46.3 Å². The summed E-state index contributed by atoms with van der Waals surface area (Å²) >= 11 is 0. The molecule has 4 nitrogen and oxygen atoms in total. The van der Waals surface area contributed by atoms with E-state index in [0.29, 0.717) is 6.42 Å². The molecule has 0 aliphatic carbocycles. The van der Waals surface area contributed by atoms with Crippen LogP contribution in [0.15, 0.2) is 39.6 Å². The van der Waals surface area contributed by atoms with E-state index in [1.165, 1.54) is 0 Å². The maximum Gasteiger partial charge on any atom is 0.361 e. The van der Waals surface area contributed by atoms with E-state index in [1.807, 2.05) is 37.3 Å². The van der Waals surface area contributed by atoms with E-state index >= 15 is 0 Å². The van der Waals surface area contributed by atoms with Gasteiger partial charge in [0.2, 0.25) is 0 Å². The van der Waals surface area contributed by atoms with Gasteiger partial charge in [0.1, 0.15) is 0 Å². The second-order valence-corrected chi connectivity index (χ2v) is 5.07. The molecule has 3 rings (SSSR count). The zero-order valence-corrected chi connectivity index (χ0v) is 11.7. The summed E-state index contributed by atoms with van der Waals surface area (Å²) in [5.41, 5.74) is 2.35. The highest BCUT2D eigenvalue weighted by atomic mass is 16.6. The number of rotatable bonds is 3. The summed E-state index contributed by atoms with van der Waals surface area (Å²) in [5.74, 6) is 0. The number of nitrogens with zero attached hydrogens (tertiary/aromatic N) is 1. The number of ether oxygens (including phenoxy) is 1. The summed E-state index contributed by atoms with van der Waals surface area (Å²) in [7, 11) is 0. The molecule has 2 aromatic rings. The fourth-order valence-corrected chi connectivity index (χ4v) is 2.74. The van der Waals surface area contributed by atoms with Crippen molar-refractivity contribution in [1.29, 1.82) is 0 Å². The first-order chi connectivity index (χ1) is 9.81. The van der Waals surface area contributed by atoms with Crippen LogP contribution in [0.2, 0.25) is 0 Å². The van der Waals surface area contributed by atoms with Crippen LogP contribution >= 0.6 is 0 Å². The summed E-state index contributed by atoms with van der Waals surface area (Å²) < 4.78 is 12.9. The molecule has 1 aromatic carbocycles. The summed E-state index contributed by atoms with van der Waals surface area (Å²) in [5, 5.41) is 0. The van der Waals surface area contributed by atoms with Gasteiger partial charge in [0.25, 0.3) is 0 Å². The van der Waals surface area contributed by atoms with Gasteiger partial charge in [-0.1, -0.05) is 37.3 Å². The van der Waals surface area contributed by atoms with Crippen molar-refractivity contribution >= 4 is 0 Å². The Morgan fingerprint density at radius 3 is 2.70 bits per heavy atom. The minimum absolute atomic E-state index is 0.160. The molecule has 20 heavy (non-hydrogen) atoms. The van der Waals surface area contributed by atoms with Gasteiger partial charge in [-0.2, -0.15) is 4.74 Å². The van der Waals surface area contributed by atoms with E-state index < -0.39 is 0 Å². The molecule has 1 unspecified atom stereocenters. The average molecular weight is 273 g/mol. The van der Waals surface area contributed by atoms with Crippen LogP contribution in [0.3, 0.4) is 0 Å². The Labute approximate surface area is 117 Å². The first-order valence-electron chi connectivity index (χ1n) is 7.23. The highest BCUT2D eigenvalue weighted by molar-refractivity contribution is 5.62. The molecule has 1 saturated heterocycles. The van der Waals surface area contributed by atoms with E-state index in [-0.39, 0.29) is 11.9 Å². The van der Waals surface area contributed by atoms with Gasteiger partial charge < -0.3 is 9.26 Å². The van der Waals surface area contributed by atoms with Gasteiger partial charge in [-0.15, -0.1) is 0 Å². The van der Waals surface area contributed by atoms with Gasteiger partial charge in [-0.25, -0.2) is 4.79 Å². The molecular formula is C16H19NO3. The Hall–Kier alpha value is -1.81. The van der Waals surface area contributed by atoms with Gasteiger partial charge in [0.05, 0.1) is 11.3 Å². The molecule has 4 heteroatoms. The van der Waals surface area contributed by atoms with Crippen molar-refractivity contribution in [3.63, 3.8) is 0 Å². The third-order valence-electron chi connectivity index (χ3n) is 3.75. The van der Waals surface area contributed by atoms with E-state index in [0.717, 1.165) is 42.7 Å². The third-order valence-corrected chi connectivity index (χ3v) is 3.75. The minimum Gasteiger partial charge on any atom is -0.355 e. The van der Waals surface area contributed by atoms with Crippen molar-refractivity contribution in [1.82, 2.24) is 4.74 Å². The van der Waals surface area contributed by atoms with E-state index in [1.54, 1.807) is 4.74 Å². The van der Waals surface area contributed by atoms with Crippen LogP contribution < -0.4 is 5.63 Å². The first-order valence-corrected chi connectivity index (χ1v) is 7.23. The Morgan fingerprint density at radius 1 is 1.25 bits per heavy atom. The Kier molecular flexibility index (Phi) is 3.74. The standard InChI is InChI=1S/C16H19NO3/c1-2-13-15(12-8-4-3-5-9-12)17(20-16(13)18)14-10-6-7-11-19-14/h3-5,8-9,14H,2,6-7,10-11H2,1H3. The molecule has 0 amide bonds. The summed E-state index contributed by atoms with van der Waals surface area (Å²) in [6.07, 6.45) is 3.56. The van der Waals surface area contributed by atoms with Gasteiger partial charge >= 0.3 is 5.63 Å². The Bertz CT molecular complexity index is 621. The lowest BCUT2D eigenvalue weighted by Crippen LogP contribution is -2.18. The van der Waals surface area contributed by atoms with Crippen LogP contribution in [0.5, 0.6) is 0 Å². The second-order valence-electron chi connectivity index (χ2n) is 5.07. The highest BCUT2D eigenvalue weighted by Gasteiger charge is 2.25. The van der Waals surface area contributed by atoms with Crippen LogP contribution in [-0.4, -0.2) is 11.3 Å². The lowest BCUT2D eigenvalue weighted by molar-refractivity contribution is -0.0733. The molecular weight excluding hydrogens is 254 g/mol. The first kappa shape index (κ1) is 13.2. The molecule has 0 N–H and O–H groups in total. The third kappa shape index (κ3) is 2.31. The lowest BCUT2D eigenvalue weighted by atomic mass is 10.1. The maximum absolute atomic E-state index is 12.1. The van der Waals surface area contributed by atoms with E-state index in [4.69, 9.17) is 9.26 Å². The van der Waals surface area contributed by atoms with Crippen molar-refractivity contribution in [2.45, 2.75) is 38.8 Å². The molecule has 0 spiro atoms. The summed E-state index contributed by atoms with van der Waals surface area (Å²) in [4.78, 5) is 12.1. The fourth-order valence-electron chi connectivity index (χ4n) is 2.74. The Morgan fingerprint density at radius 2 is 2.05 bits per heavy atom. The van der Waals surface area contributed by atoms with Crippen LogP contribution in [0.4, 0.5) is 0 Å². The minimum atomic E-state index is -0.250. The maximum atomic E-state index is 12.1. The molecule has 1 aliphatic rings. The van der Waals surface area contributed by atoms with Crippen molar-refractivity contribution < 1.29 is 9.26 Å². The number of benzene rings is 1. The van der Waals surface area contributed by atoms with Gasteiger partial charge in [0, 0.05) is 12.2 Å². The highest BCUT2D eigenvalue weighted by Crippen LogP contribution is 2.30. The fraction of sp³-hybridized carbons (Fsp3) is 0.438. The van der Waals surface area contributed by atoms with Crippen molar-refractivity contribution in [2.75, 3.05) is 6.61 Å². The normalized spacial score (nSPS) is 19.1. The molecule has 0 saturated carbocycles. The number of hydrogen-bond acceptors (Lipinski definition) is 3. The van der Waals surface area contributed by atoms with Crippen LogP contribution in [-0.2, 0) is 11.2 Å². The smallest absolute Gasteiger partial charge is 0.355 e. The Balaban J connectivity index is 2.12. The summed E-state index contributed by atoms with van der Waals surface area (Å²) in [6, 6.07) is 9.91. The van der Waals surface area contributed by atoms with Gasteiger partial charge in [-0.05, 0) is 25.7 Å². The predicted octanol–water partition coefficient (Wildman–Crippen LogP) is 3.37. The SMILES string of the molecule is CCc1c(-c2ccccc2)n(C2CCCCO2)oc1=O. The predicted molar refractivity (Wildman–Crippen MR) is 76.6 cm³/mol. The molecule has 1 fully saturated rings. The molecule has 106 valence electrons. The zero-order valence-electron chi connectivity index (χ0n) is 11.7. The van der Waals surface area contributed by atoms with Crippen LogP contribution in [0.25, 0.3) is 11.3 Å². The molecule has 0 bridgehead atoms. The van der Waals surface area contributed by atoms with Crippen LogP contribution in [0, 0.1) is 0 Å². The van der Waals surface area contributed by atoms with Gasteiger partial charge in [0.15, 0.2) is 6.23 Å². The van der Waals surface area contributed by atoms with Crippen molar-refractivity contribution in [3.8, 4) is 11.3 Å². The molecule has 2 heterocycles. The molecule has 0 radical (unpaired) electrons. The molecule has 1 aliphatic heterocycles. The average Bonchev–Trinajstić information content (AvgIpc) is 2.85. The van der Waals surface area contributed by atoms with Crippen molar-refractivity contribution in [2.24, 2.45) is 0 Å². The van der Waals surface area contributed by atoms with E-state index in [2.05, 4.69) is 0 Å². The van der Waals surface area contributed by atoms with E-state index in [9.17, 15) is 4.79 Å². The topological polar surface area (TPSA) is 44.4 Å². The quantitative estimate of drug-likeness (QED) is 0.861. The number of aromatic nitrogens is 1. The molecule has 1 atom stereocenters. The monoisotopic (exact) mass is 273 g/mol. The second kappa shape index (κ2) is 5.67. The largest absolute Gasteiger partial charge is 0.361 e. The lowest BCUT2D eigenvalue weighted by Gasteiger charge is -2.23. The van der Waals surface area contributed by atoms with Crippen LogP contribution in [0.1, 0.15) is 38.0 Å². The van der Waals surface area contributed by atoms with Gasteiger partial charge in [-0.3, -0.25) is 0 Å². The zero-order chi connectivity index (χ0) is 13.9. The summed E-state index contributed by atoms with van der Waals surface area (Å²) in [6.45, 7) is 2.70. The molecule has 1 aromatic heterocycles. The number of hydrogen-bond donors (Lipinski definition) is 0.